The van der Waals surface area contributed by atoms with Crippen molar-refractivity contribution in [3.05, 3.63) is 51.8 Å². The SMILES string of the molecule is C#CCNC(=O)c1c(F)cc2c(c1F)/C(=C/c1[nH]c(C)cc1C)C(=O)N2CC1CCC(N)CC1.Cl. The third-order valence-electron chi connectivity index (χ3n) is 6.62. The van der Waals surface area contributed by atoms with Gasteiger partial charge in [0.25, 0.3) is 11.8 Å². The lowest BCUT2D eigenvalue weighted by Gasteiger charge is -2.29. The fourth-order valence-corrected chi connectivity index (χ4v) is 4.85. The number of hydrogen-bond donors (Lipinski definition) is 3. The quantitative estimate of drug-likeness (QED) is 0.424. The first-order valence-electron chi connectivity index (χ1n) is 11.4. The molecule has 1 aliphatic carbocycles. The van der Waals surface area contributed by atoms with Crippen LogP contribution in [-0.4, -0.2) is 35.9 Å². The minimum Gasteiger partial charge on any atom is -0.359 e. The predicted octanol–water partition coefficient (Wildman–Crippen LogP) is 4.10. The first-order chi connectivity index (χ1) is 16.2. The van der Waals surface area contributed by atoms with E-state index in [2.05, 4.69) is 16.2 Å². The highest BCUT2D eigenvalue weighted by molar-refractivity contribution is 6.36. The molecule has 186 valence electrons. The van der Waals surface area contributed by atoms with Crippen LogP contribution in [0, 0.1) is 43.7 Å². The Kier molecular flexibility index (Phi) is 8.04. The van der Waals surface area contributed by atoms with E-state index in [9.17, 15) is 9.59 Å². The lowest BCUT2D eigenvalue weighted by molar-refractivity contribution is -0.113. The van der Waals surface area contributed by atoms with E-state index >= 15 is 8.78 Å². The van der Waals surface area contributed by atoms with E-state index in [-0.39, 0.29) is 47.7 Å². The molecule has 0 spiro atoms. The van der Waals surface area contributed by atoms with Crippen LogP contribution >= 0.6 is 12.4 Å². The summed E-state index contributed by atoms with van der Waals surface area (Å²) >= 11 is 0. The number of aryl methyl sites for hydroxylation is 2. The summed E-state index contributed by atoms with van der Waals surface area (Å²) in [6, 6.07) is 3.13. The zero-order valence-corrected chi connectivity index (χ0v) is 20.5. The number of hydrogen-bond acceptors (Lipinski definition) is 3. The number of rotatable bonds is 5. The minimum absolute atomic E-state index is 0. The Morgan fingerprint density at radius 3 is 2.57 bits per heavy atom. The highest BCUT2D eigenvalue weighted by Crippen LogP contribution is 2.43. The number of anilines is 1. The van der Waals surface area contributed by atoms with Crippen molar-refractivity contribution < 1.29 is 18.4 Å². The summed E-state index contributed by atoms with van der Waals surface area (Å²) in [6.45, 7) is 3.91. The Hall–Kier alpha value is -3.15. The van der Waals surface area contributed by atoms with Gasteiger partial charge in [-0.15, -0.1) is 18.8 Å². The van der Waals surface area contributed by atoms with Gasteiger partial charge in [0.15, 0.2) is 0 Å². The molecule has 1 aromatic carbocycles. The molecule has 1 fully saturated rings. The van der Waals surface area contributed by atoms with Crippen molar-refractivity contribution in [3.63, 3.8) is 0 Å². The minimum atomic E-state index is -1.07. The summed E-state index contributed by atoms with van der Waals surface area (Å²) in [5.74, 6) is -1.11. The van der Waals surface area contributed by atoms with Crippen LogP contribution in [0.2, 0.25) is 0 Å². The zero-order valence-electron chi connectivity index (χ0n) is 19.7. The van der Waals surface area contributed by atoms with Crippen LogP contribution in [0.15, 0.2) is 12.1 Å². The normalized spacial score (nSPS) is 20.4. The molecule has 0 atom stereocenters. The number of fused-ring (bicyclic) bond motifs is 1. The van der Waals surface area contributed by atoms with Crippen molar-refractivity contribution in [1.82, 2.24) is 10.3 Å². The van der Waals surface area contributed by atoms with Crippen LogP contribution in [0.4, 0.5) is 14.5 Å². The van der Waals surface area contributed by atoms with Gasteiger partial charge in [-0.1, -0.05) is 5.92 Å². The predicted molar refractivity (Wildman–Crippen MR) is 135 cm³/mol. The molecule has 0 unspecified atom stereocenters. The van der Waals surface area contributed by atoms with Gasteiger partial charge in [-0.25, -0.2) is 8.78 Å². The molecule has 0 radical (unpaired) electrons. The molecule has 4 rings (SSSR count). The lowest BCUT2D eigenvalue weighted by Crippen LogP contribution is -2.36. The molecule has 0 saturated heterocycles. The molecule has 1 aliphatic heterocycles. The van der Waals surface area contributed by atoms with E-state index in [1.807, 2.05) is 19.9 Å². The van der Waals surface area contributed by atoms with Crippen molar-refractivity contribution in [1.29, 1.82) is 0 Å². The third kappa shape index (κ3) is 5.12. The Balaban J connectivity index is 0.00000342. The standard InChI is InChI=1S/C26H28F2N4O2.ClH/c1-4-9-30-25(33)23-19(27)12-21-22(24(23)28)18(11-20-14(2)10-15(3)31-20)26(34)32(21)13-16-5-7-17(29)8-6-16;/h1,10-12,16-17,31H,5-9,13,29H2,2-3H3,(H,30,33);1H/b18-11-;. The van der Waals surface area contributed by atoms with Gasteiger partial charge >= 0.3 is 0 Å². The summed E-state index contributed by atoms with van der Waals surface area (Å²) < 4.78 is 30.8. The summed E-state index contributed by atoms with van der Waals surface area (Å²) in [5, 5.41) is 2.30. The number of halogens is 3. The number of aromatic amines is 1. The maximum absolute atomic E-state index is 15.7. The number of nitrogens with one attached hydrogen (secondary N) is 2. The molecule has 2 heterocycles. The Labute approximate surface area is 209 Å². The average molecular weight is 503 g/mol. The van der Waals surface area contributed by atoms with E-state index in [0.29, 0.717) is 12.2 Å². The Morgan fingerprint density at radius 2 is 1.97 bits per heavy atom. The average Bonchev–Trinajstić information content (AvgIpc) is 3.24. The van der Waals surface area contributed by atoms with E-state index < -0.39 is 29.0 Å². The molecule has 2 amide bonds. The van der Waals surface area contributed by atoms with Gasteiger partial charge in [-0.3, -0.25) is 9.59 Å². The fraction of sp³-hybridized carbons (Fsp3) is 0.385. The van der Waals surface area contributed by atoms with E-state index in [1.54, 1.807) is 6.08 Å². The van der Waals surface area contributed by atoms with Crippen LogP contribution in [0.3, 0.4) is 0 Å². The summed E-state index contributed by atoms with van der Waals surface area (Å²) in [6.07, 6.45) is 10.1. The van der Waals surface area contributed by atoms with Crippen molar-refractivity contribution in [2.75, 3.05) is 18.0 Å². The molecular weight excluding hydrogens is 474 g/mol. The Bertz CT molecular complexity index is 1220. The van der Waals surface area contributed by atoms with Gasteiger partial charge in [0, 0.05) is 29.5 Å². The van der Waals surface area contributed by atoms with E-state index in [4.69, 9.17) is 12.2 Å². The molecule has 4 N–H and O–H groups in total. The van der Waals surface area contributed by atoms with E-state index in [1.165, 1.54) is 4.90 Å². The van der Waals surface area contributed by atoms with Crippen molar-refractivity contribution in [2.24, 2.45) is 11.7 Å². The van der Waals surface area contributed by atoms with Gasteiger partial charge in [-0.2, -0.15) is 0 Å². The van der Waals surface area contributed by atoms with Gasteiger partial charge in [0.05, 0.1) is 17.8 Å². The van der Waals surface area contributed by atoms with Gasteiger partial charge < -0.3 is 20.9 Å². The van der Waals surface area contributed by atoms with Gasteiger partial charge in [0.1, 0.15) is 17.2 Å². The number of amides is 2. The topological polar surface area (TPSA) is 91.2 Å². The van der Waals surface area contributed by atoms with Gasteiger partial charge in [0.2, 0.25) is 0 Å². The number of benzene rings is 1. The van der Waals surface area contributed by atoms with Crippen LogP contribution in [0.25, 0.3) is 11.6 Å². The number of nitrogens with two attached hydrogens (primary N) is 1. The van der Waals surface area contributed by atoms with Crippen molar-refractivity contribution in [2.45, 2.75) is 45.6 Å². The molecular formula is C26H29ClF2N4O2. The monoisotopic (exact) mass is 502 g/mol. The molecule has 1 saturated carbocycles. The molecule has 2 aromatic rings. The third-order valence-corrected chi connectivity index (χ3v) is 6.62. The summed E-state index contributed by atoms with van der Waals surface area (Å²) in [4.78, 5) is 30.6. The highest BCUT2D eigenvalue weighted by atomic mass is 35.5. The number of H-pyrrole nitrogens is 1. The van der Waals surface area contributed by atoms with Crippen molar-refractivity contribution in [3.8, 4) is 12.3 Å². The largest absolute Gasteiger partial charge is 0.359 e. The number of aromatic nitrogens is 1. The van der Waals surface area contributed by atoms with E-state index in [0.717, 1.165) is 43.0 Å². The Morgan fingerprint density at radius 1 is 1.29 bits per heavy atom. The fourth-order valence-electron chi connectivity index (χ4n) is 4.85. The molecule has 1 aromatic heterocycles. The van der Waals surface area contributed by atoms with Crippen LogP contribution < -0.4 is 16.0 Å². The number of terminal acetylenes is 1. The summed E-state index contributed by atoms with van der Waals surface area (Å²) in [7, 11) is 0. The highest BCUT2D eigenvalue weighted by Gasteiger charge is 2.39. The molecule has 35 heavy (non-hydrogen) atoms. The number of carbonyl (C=O) groups is 2. The summed E-state index contributed by atoms with van der Waals surface area (Å²) in [5.41, 5.74) is 7.82. The maximum atomic E-state index is 15.7. The van der Waals surface area contributed by atoms with Crippen LogP contribution in [0.1, 0.15) is 58.6 Å². The molecule has 6 nitrogen and oxygen atoms in total. The maximum Gasteiger partial charge on any atom is 0.259 e. The van der Waals surface area contributed by atoms with Gasteiger partial charge in [-0.05, 0) is 69.2 Å². The number of nitrogens with zero attached hydrogens (tertiary/aromatic N) is 1. The van der Waals surface area contributed by atoms with Crippen LogP contribution in [-0.2, 0) is 4.79 Å². The first kappa shape index (κ1) is 26.5. The molecule has 0 bridgehead atoms. The molecule has 2 aliphatic rings. The smallest absolute Gasteiger partial charge is 0.259 e. The lowest BCUT2D eigenvalue weighted by atomic mass is 9.86. The second-order valence-electron chi connectivity index (χ2n) is 9.13. The second-order valence-corrected chi connectivity index (χ2v) is 9.13. The van der Waals surface area contributed by atoms with Crippen LogP contribution in [0.5, 0.6) is 0 Å². The zero-order chi connectivity index (χ0) is 24.6. The first-order valence-corrected chi connectivity index (χ1v) is 11.4. The number of carbonyl (C=O) groups excluding carboxylic acids is 2. The second kappa shape index (κ2) is 10.6. The van der Waals surface area contributed by atoms with Crippen molar-refractivity contribution >= 4 is 41.6 Å². The molecule has 9 heteroatoms.